The standard InChI is InChI=1S/C15H16F2N4O2/c1-23-14(22)8-20-2-4-21(5-3-20)15-10-6-11(16)12(17)7-13(10)18-9-19-15/h6-7,9H,2-5,8H2,1H3. The molecule has 1 fully saturated rings. The molecule has 2 heterocycles. The molecule has 3 rings (SSSR count). The Morgan fingerprint density at radius 2 is 1.87 bits per heavy atom. The highest BCUT2D eigenvalue weighted by molar-refractivity contribution is 5.89. The summed E-state index contributed by atoms with van der Waals surface area (Å²) in [5, 5.41) is 0.479. The molecule has 0 atom stereocenters. The van der Waals surface area contributed by atoms with Crippen molar-refractivity contribution in [3.8, 4) is 0 Å². The molecule has 2 aromatic rings. The fourth-order valence-electron chi connectivity index (χ4n) is 2.65. The number of esters is 1. The average Bonchev–Trinajstić information content (AvgIpc) is 2.56. The van der Waals surface area contributed by atoms with Crippen molar-refractivity contribution in [3.05, 3.63) is 30.1 Å². The molecule has 6 nitrogen and oxygen atoms in total. The van der Waals surface area contributed by atoms with Crippen LogP contribution < -0.4 is 4.90 Å². The zero-order valence-corrected chi connectivity index (χ0v) is 12.6. The number of methoxy groups -OCH3 is 1. The Balaban J connectivity index is 1.80. The number of piperazine rings is 1. The molecule has 8 heteroatoms. The lowest BCUT2D eigenvalue weighted by Crippen LogP contribution is -2.48. The zero-order chi connectivity index (χ0) is 16.4. The van der Waals surface area contributed by atoms with Crippen LogP contribution >= 0.6 is 0 Å². The second-order valence-corrected chi connectivity index (χ2v) is 5.32. The maximum Gasteiger partial charge on any atom is 0.319 e. The topological polar surface area (TPSA) is 58.6 Å². The van der Waals surface area contributed by atoms with E-state index in [1.165, 1.54) is 13.4 Å². The van der Waals surface area contributed by atoms with Gasteiger partial charge in [0.25, 0.3) is 0 Å². The van der Waals surface area contributed by atoms with E-state index in [0.29, 0.717) is 42.9 Å². The molecule has 1 saturated heterocycles. The SMILES string of the molecule is COC(=O)CN1CCN(c2ncnc3cc(F)c(F)cc23)CC1. The van der Waals surface area contributed by atoms with Crippen molar-refractivity contribution in [1.29, 1.82) is 0 Å². The van der Waals surface area contributed by atoms with E-state index in [0.717, 1.165) is 12.1 Å². The normalized spacial score (nSPS) is 15.9. The summed E-state index contributed by atoms with van der Waals surface area (Å²) in [6.45, 7) is 2.81. The van der Waals surface area contributed by atoms with Gasteiger partial charge in [-0.1, -0.05) is 0 Å². The fourth-order valence-corrected chi connectivity index (χ4v) is 2.65. The van der Waals surface area contributed by atoms with Gasteiger partial charge in [-0.05, 0) is 6.07 Å². The Morgan fingerprint density at radius 3 is 2.57 bits per heavy atom. The zero-order valence-electron chi connectivity index (χ0n) is 12.6. The molecule has 0 spiro atoms. The van der Waals surface area contributed by atoms with Gasteiger partial charge in [0.15, 0.2) is 11.6 Å². The first-order valence-electron chi connectivity index (χ1n) is 7.22. The Kier molecular flexibility index (Phi) is 4.33. The number of halogens is 2. The predicted octanol–water partition coefficient (Wildman–Crippen LogP) is 1.20. The number of carbonyl (C=O) groups excluding carboxylic acids is 1. The number of nitrogens with zero attached hydrogens (tertiary/aromatic N) is 4. The van der Waals surface area contributed by atoms with Crippen LogP contribution in [-0.4, -0.2) is 60.7 Å². The van der Waals surface area contributed by atoms with Gasteiger partial charge in [-0.2, -0.15) is 0 Å². The summed E-state index contributed by atoms with van der Waals surface area (Å²) in [6.07, 6.45) is 1.34. The third kappa shape index (κ3) is 3.21. The number of anilines is 1. The first kappa shape index (κ1) is 15.5. The van der Waals surface area contributed by atoms with Crippen molar-refractivity contribution >= 4 is 22.7 Å². The van der Waals surface area contributed by atoms with Crippen LogP contribution in [-0.2, 0) is 9.53 Å². The van der Waals surface area contributed by atoms with E-state index in [4.69, 9.17) is 0 Å². The molecule has 1 aromatic carbocycles. The van der Waals surface area contributed by atoms with Gasteiger partial charge in [0.1, 0.15) is 12.1 Å². The van der Waals surface area contributed by atoms with Crippen LogP contribution in [0.3, 0.4) is 0 Å². The molecular formula is C15H16F2N4O2. The second-order valence-electron chi connectivity index (χ2n) is 5.32. The average molecular weight is 322 g/mol. The largest absolute Gasteiger partial charge is 0.468 e. The monoisotopic (exact) mass is 322 g/mol. The van der Waals surface area contributed by atoms with Crippen LogP contribution in [0.15, 0.2) is 18.5 Å². The Labute approximate surface area is 131 Å². The summed E-state index contributed by atoms with van der Waals surface area (Å²) < 4.78 is 31.5. The summed E-state index contributed by atoms with van der Waals surface area (Å²) >= 11 is 0. The molecule has 1 aromatic heterocycles. The van der Waals surface area contributed by atoms with Crippen molar-refractivity contribution in [3.63, 3.8) is 0 Å². The fraction of sp³-hybridized carbons (Fsp3) is 0.400. The van der Waals surface area contributed by atoms with Gasteiger partial charge < -0.3 is 9.64 Å². The van der Waals surface area contributed by atoms with Crippen LogP contribution in [0.4, 0.5) is 14.6 Å². The van der Waals surface area contributed by atoms with Crippen LogP contribution in [0, 0.1) is 11.6 Å². The number of aromatic nitrogens is 2. The maximum atomic E-state index is 13.5. The van der Waals surface area contributed by atoms with E-state index < -0.39 is 11.6 Å². The molecule has 23 heavy (non-hydrogen) atoms. The van der Waals surface area contributed by atoms with Crippen molar-refractivity contribution in [2.75, 3.05) is 44.7 Å². The first-order valence-corrected chi connectivity index (χ1v) is 7.22. The number of benzene rings is 1. The molecule has 0 bridgehead atoms. The summed E-state index contributed by atoms with van der Waals surface area (Å²) in [4.78, 5) is 23.5. The van der Waals surface area contributed by atoms with E-state index in [2.05, 4.69) is 14.7 Å². The highest BCUT2D eigenvalue weighted by Crippen LogP contribution is 2.25. The molecule has 0 aliphatic carbocycles. The van der Waals surface area contributed by atoms with E-state index in [9.17, 15) is 13.6 Å². The summed E-state index contributed by atoms with van der Waals surface area (Å²) in [5.41, 5.74) is 0.367. The first-order chi connectivity index (χ1) is 11.1. The van der Waals surface area contributed by atoms with E-state index in [-0.39, 0.29) is 12.5 Å². The summed E-state index contributed by atoms with van der Waals surface area (Å²) in [7, 11) is 1.36. The molecule has 0 radical (unpaired) electrons. The van der Waals surface area contributed by atoms with Crippen molar-refractivity contribution in [2.24, 2.45) is 0 Å². The Bertz CT molecular complexity index is 733. The molecule has 0 amide bonds. The molecule has 0 unspecified atom stereocenters. The molecule has 0 N–H and O–H groups in total. The Morgan fingerprint density at radius 1 is 1.17 bits per heavy atom. The van der Waals surface area contributed by atoms with Crippen molar-refractivity contribution in [1.82, 2.24) is 14.9 Å². The van der Waals surface area contributed by atoms with Crippen LogP contribution in [0.1, 0.15) is 0 Å². The number of rotatable bonds is 3. The minimum Gasteiger partial charge on any atom is -0.468 e. The van der Waals surface area contributed by atoms with Crippen LogP contribution in [0.5, 0.6) is 0 Å². The molecule has 122 valence electrons. The predicted molar refractivity (Wildman–Crippen MR) is 80.1 cm³/mol. The smallest absolute Gasteiger partial charge is 0.319 e. The van der Waals surface area contributed by atoms with Crippen molar-refractivity contribution < 1.29 is 18.3 Å². The quantitative estimate of drug-likeness (QED) is 0.792. The van der Waals surface area contributed by atoms with E-state index in [1.54, 1.807) is 0 Å². The number of hydrogen-bond acceptors (Lipinski definition) is 6. The number of fused-ring (bicyclic) bond motifs is 1. The second kappa shape index (κ2) is 6.41. The third-order valence-corrected chi connectivity index (χ3v) is 3.91. The number of hydrogen-bond donors (Lipinski definition) is 0. The summed E-state index contributed by atoms with van der Waals surface area (Å²) in [6, 6.07) is 2.20. The molecule has 0 saturated carbocycles. The van der Waals surface area contributed by atoms with Gasteiger partial charge in [-0.3, -0.25) is 9.69 Å². The van der Waals surface area contributed by atoms with Gasteiger partial charge in [-0.25, -0.2) is 18.7 Å². The lowest BCUT2D eigenvalue weighted by atomic mass is 10.2. The Hall–Kier alpha value is -2.35. The minimum absolute atomic E-state index is 0.245. The highest BCUT2D eigenvalue weighted by atomic mass is 19.2. The van der Waals surface area contributed by atoms with Crippen molar-refractivity contribution in [2.45, 2.75) is 0 Å². The van der Waals surface area contributed by atoms with Gasteiger partial charge >= 0.3 is 5.97 Å². The van der Waals surface area contributed by atoms with E-state index >= 15 is 0 Å². The third-order valence-electron chi connectivity index (χ3n) is 3.91. The highest BCUT2D eigenvalue weighted by Gasteiger charge is 2.22. The van der Waals surface area contributed by atoms with Crippen LogP contribution in [0.25, 0.3) is 10.9 Å². The maximum absolute atomic E-state index is 13.5. The molecule has 1 aliphatic rings. The van der Waals surface area contributed by atoms with Gasteiger partial charge in [0, 0.05) is 37.6 Å². The van der Waals surface area contributed by atoms with Gasteiger partial charge in [-0.15, -0.1) is 0 Å². The van der Waals surface area contributed by atoms with E-state index in [1.807, 2.05) is 9.80 Å². The molecule has 1 aliphatic heterocycles. The number of carbonyl (C=O) groups is 1. The number of ether oxygens (including phenoxy) is 1. The minimum atomic E-state index is -0.926. The van der Waals surface area contributed by atoms with Gasteiger partial charge in [0.2, 0.25) is 0 Å². The summed E-state index contributed by atoms with van der Waals surface area (Å²) in [5.74, 6) is -1.54. The molecular weight excluding hydrogens is 306 g/mol. The lowest BCUT2D eigenvalue weighted by Gasteiger charge is -2.35. The van der Waals surface area contributed by atoms with Gasteiger partial charge in [0.05, 0.1) is 19.2 Å². The van der Waals surface area contributed by atoms with Crippen LogP contribution in [0.2, 0.25) is 0 Å². The lowest BCUT2D eigenvalue weighted by molar-refractivity contribution is -0.142.